The molecule has 27 heavy (non-hydrogen) atoms. The number of rotatable bonds is 7. The summed E-state index contributed by atoms with van der Waals surface area (Å²) in [5.41, 5.74) is -0.233. The largest absolute Gasteiger partial charge is 0.478 e. The zero-order valence-electron chi connectivity index (χ0n) is 16.1. The normalized spacial score (nSPS) is 17.4. The molecule has 0 radical (unpaired) electrons. The minimum Gasteiger partial charge on any atom is -0.478 e. The molecule has 1 aliphatic heterocycles. The molecule has 2 rings (SSSR count). The highest BCUT2D eigenvalue weighted by Crippen LogP contribution is 2.27. The van der Waals surface area contributed by atoms with Crippen LogP contribution in [0.25, 0.3) is 0 Å². The van der Waals surface area contributed by atoms with Gasteiger partial charge in [-0.15, -0.1) is 0 Å². The van der Waals surface area contributed by atoms with Gasteiger partial charge in [0.2, 0.25) is 15.9 Å². The number of carboxylic acids is 1. The maximum Gasteiger partial charge on any atom is 0.337 e. The number of benzene rings is 1. The van der Waals surface area contributed by atoms with Gasteiger partial charge in [0.15, 0.2) is 0 Å². The SMILES string of the molecule is CCCC(C)N(C)C(=O)C1CCN(S(=O)(=O)c2ccccc2C(=O)O)CC1. The fourth-order valence-electron chi connectivity index (χ4n) is 3.47. The number of sulfonamides is 1. The van der Waals surface area contributed by atoms with Crippen LogP contribution in [0.2, 0.25) is 0 Å². The van der Waals surface area contributed by atoms with Gasteiger partial charge in [0, 0.05) is 32.1 Å². The van der Waals surface area contributed by atoms with Crippen molar-refractivity contribution in [2.24, 2.45) is 5.92 Å². The molecule has 1 saturated heterocycles. The topological polar surface area (TPSA) is 95.0 Å². The van der Waals surface area contributed by atoms with Gasteiger partial charge in [0.05, 0.1) is 10.5 Å². The fraction of sp³-hybridized carbons (Fsp3) is 0.579. The summed E-state index contributed by atoms with van der Waals surface area (Å²) in [5.74, 6) is -1.42. The van der Waals surface area contributed by atoms with Crippen LogP contribution in [0, 0.1) is 5.92 Å². The van der Waals surface area contributed by atoms with E-state index in [4.69, 9.17) is 0 Å². The Morgan fingerprint density at radius 2 is 1.85 bits per heavy atom. The Hall–Kier alpha value is -1.93. The highest BCUT2D eigenvalue weighted by Gasteiger charge is 2.35. The van der Waals surface area contributed by atoms with Crippen LogP contribution in [-0.4, -0.2) is 60.8 Å². The van der Waals surface area contributed by atoms with E-state index in [-0.39, 0.29) is 41.4 Å². The van der Waals surface area contributed by atoms with Gasteiger partial charge in [-0.3, -0.25) is 4.79 Å². The highest BCUT2D eigenvalue weighted by atomic mass is 32.2. The van der Waals surface area contributed by atoms with E-state index in [1.54, 1.807) is 11.9 Å². The van der Waals surface area contributed by atoms with Crippen LogP contribution in [-0.2, 0) is 14.8 Å². The van der Waals surface area contributed by atoms with Crippen molar-refractivity contribution in [1.29, 1.82) is 0 Å². The average molecular weight is 397 g/mol. The van der Waals surface area contributed by atoms with Crippen LogP contribution in [0.1, 0.15) is 49.9 Å². The first-order chi connectivity index (χ1) is 12.7. The summed E-state index contributed by atoms with van der Waals surface area (Å²) in [6.45, 7) is 4.52. The summed E-state index contributed by atoms with van der Waals surface area (Å²) in [6.07, 6.45) is 2.81. The predicted molar refractivity (Wildman–Crippen MR) is 102 cm³/mol. The number of amides is 1. The fourth-order valence-corrected chi connectivity index (χ4v) is 5.12. The van der Waals surface area contributed by atoms with Crippen LogP contribution in [0.4, 0.5) is 0 Å². The molecular formula is C19H28N2O5S. The first kappa shape index (κ1) is 21.4. The highest BCUT2D eigenvalue weighted by molar-refractivity contribution is 7.89. The summed E-state index contributed by atoms with van der Waals surface area (Å²) in [7, 11) is -2.10. The summed E-state index contributed by atoms with van der Waals surface area (Å²) in [5, 5.41) is 9.27. The van der Waals surface area contributed by atoms with Gasteiger partial charge >= 0.3 is 5.97 Å². The number of aromatic carboxylic acids is 1. The number of carbonyl (C=O) groups is 2. The van der Waals surface area contributed by atoms with Gasteiger partial charge in [-0.25, -0.2) is 13.2 Å². The molecule has 7 nitrogen and oxygen atoms in total. The van der Waals surface area contributed by atoms with Crippen LogP contribution in [0.15, 0.2) is 29.2 Å². The quantitative estimate of drug-likeness (QED) is 0.764. The van der Waals surface area contributed by atoms with E-state index in [1.165, 1.54) is 28.6 Å². The molecule has 0 aromatic heterocycles. The van der Waals surface area contributed by atoms with Crippen molar-refractivity contribution >= 4 is 21.9 Å². The minimum atomic E-state index is -3.90. The van der Waals surface area contributed by atoms with Gasteiger partial charge in [0.1, 0.15) is 0 Å². The average Bonchev–Trinajstić information content (AvgIpc) is 2.67. The third-order valence-corrected chi connectivity index (χ3v) is 7.21. The van der Waals surface area contributed by atoms with E-state index < -0.39 is 16.0 Å². The van der Waals surface area contributed by atoms with Gasteiger partial charge in [-0.1, -0.05) is 25.5 Å². The Kier molecular flexibility index (Phi) is 7.00. The summed E-state index contributed by atoms with van der Waals surface area (Å²) < 4.78 is 27.1. The number of hydrogen-bond donors (Lipinski definition) is 1. The van der Waals surface area contributed by atoms with Crippen LogP contribution < -0.4 is 0 Å². The lowest BCUT2D eigenvalue weighted by Crippen LogP contribution is -2.45. The van der Waals surface area contributed by atoms with Crippen molar-refractivity contribution in [3.8, 4) is 0 Å². The predicted octanol–water partition coefficient (Wildman–Crippen LogP) is 2.43. The Morgan fingerprint density at radius 3 is 2.41 bits per heavy atom. The molecule has 0 saturated carbocycles. The monoisotopic (exact) mass is 396 g/mol. The number of carbonyl (C=O) groups excluding carboxylic acids is 1. The van der Waals surface area contributed by atoms with Crippen LogP contribution >= 0.6 is 0 Å². The Bertz CT molecular complexity index is 785. The van der Waals surface area contributed by atoms with Crippen molar-refractivity contribution in [2.75, 3.05) is 20.1 Å². The van der Waals surface area contributed by atoms with Gasteiger partial charge < -0.3 is 10.0 Å². The van der Waals surface area contributed by atoms with E-state index >= 15 is 0 Å². The van der Waals surface area contributed by atoms with Crippen molar-refractivity contribution in [3.05, 3.63) is 29.8 Å². The second-order valence-electron chi connectivity index (χ2n) is 7.07. The van der Waals surface area contributed by atoms with Crippen molar-refractivity contribution in [2.45, 2.75) is 50.5 Å². The molecule has 1 amide bonds. The van der Waals surface area contributed by atoms with Crippen LogP contribution in [0.3, 0.4) is 0 Å². The summed E-state index contributed by atoms with van der Waals surface area (Å²) in [4.78, 5) is 25.6. The Labute approximate surface area is 161 Å². The van der Waals surface area contributed by atoms with E-state index in [1.807, 2.05) is 6.92 Å². The number of piperidine rings is 1. The number of carboxylic acid groups (broad SMARTS) is 1. The van der Waals surface area contributed by atoms with Crippen molar-refractivity contribution in [1.82, 2.24) is 9.21 Å². The summed E-state index contributed by atoms with van der Waals surface area (Å²) in [6, 6.07) is 5.78. The smallest absolute Gasteiger partial charge is 0.337 e. The van der Waals surface area contributed by atoms with Gasteiger partial charge in [0.25, 0.3) is 0 Å². The van der Waals surface area contributed by atoms with E-state index in [9.17, 15) is 23.1 Å². The molecule has 1 fully saturated rings. The maximum atomic E-state index is 12.9. The standard InChI is InChI=1S/C19H28N2O5S/c1-4-7-14(2)20(3)18(22)15-10-12-21(13-11-15)27(25,26)17-9-6-5-8-16(17)19(23)24/h5-6,8-9,14-15H,4,7,10-13H2,1-3H3,(H,23,24). The maximum absolute atomic E-state index is 12.9. The molecule has 150 valence electrons. The molecule has 1 aromatic rings. The van der Waals surface area contributed by atoms with Gasteiger partial charge in [-0.05, 0) is 38.3 Å². The zero-order valence-corrected chi connectivity index (χ0v) is 16.9. The second-order valence-corrected chi connectivity index (χ2v) is 8.97. The lowest BCUT2D eigenvalue weighted by molar-refractivity contribution is -0.137. The van der Waals surface area contributed by atoms with Crippen molar-refractivity contribution < 1.29 is 23.1 Å². The molecule has 1 aliphatic rings. The molecular weight excluding hydrogens is 368 g/mol. The molecule has 1 N–H and O–H groups in total. The molecule has 1 atom stereocenters. The molecule has 1 unspecified atom stereocenters. The molecule has 0 spiro atoms. The molecule has 0 aliphatic carbocycles. The Morgan fingerprint density at radius 1 is 1.26 bits per heavy atom. The lowest BCUT2D eigenvalue weighted by atomic mass is 9.96. The van der Waals surface area contributed by atoms with Crippen LogP contribution in [0.5, 0.6) is 0 Å². The zero-order chi connectivity index (χ0) is 20.2. The molecule has 8 heteroatoms. The first-order valence-electron chi connectivity index (χ1n) is 9.29. The van der Waals surface area contributed by atoms with E-state index in [2.05, 4.69) is 6.92 Å². The molecule has 1 heterocycles. The molecule has 0 bridgehead atoms. The number of nitrogens with zero attached hydrogens (tertiary/aromatic N) is 2. The van der Waals surface area contributed by atoms with Gasteiger partial charge in [-0.2, -0.15) is 4.31 Å². The van der Waals surface area contributed by atoms with Crippen molar-refractivity contribution in [3.63, 3.8) is 0 Å². The molecule has 1 aromatic carbocycles. The summed E-state index contributed by atoms with van der Waals surface area (Å²) >= 11 is 0. The second kappa shape index (κ2) is 8.84. The third kappa shape index (κ3) is 4.68. The first-order valence-corrected chi connectivity index (χ1v) is 10.7. The van der Waals surface area contributed by atoms with E-state index in [0.29, 0.717) is 12.8 Å². The lowest BCUT2D eigenvalue weighted by Gasteiger charge is -2.34. The Balaban J connectivity index is 2.09. The minimum absolute atomic E-state index is 0.0546. The number of hydrogen-bond acceptors (Lipinski definition) is 4. The third-order valence-electron chi connectivity index (χ3n) is 5.25. The van der Waals surface area contributed by atoms with E-state index in [0.717, 1.165) is 12.8 Å².